The van der Waals surface area contributed by atoms with Crippen molar-refractivity contribution in [3.8, 4) is 0 Å². The number of carbonyl (C=O) groups excluding carboxylic acids is 1. The fraction of sp³-hybridized carbons (Fsp3) is 0.647. The summed E-state index contributed by atoms with van der Waals surface area (Å²) in [4.78, 5) is 23.5. The first-order valence-corrected chi connectivity index (χ1v) is 8.62. The van der Waals surface area contributed by atoms with E-state index in [4.69, 9.17) is 4.74 Å². The van der Waals surface area contributed by atoms with Crippen molar-refractivity contribution in [3.05, 3.63) is 24.4 Å². The lowest BCUT2D eigenvalue weighted by Crippen LogP contribution is -2.65. The highest BCUT2D eigenvalue weighted by molar-refractivity contribution is 5.82. The highest BCUT2D eigenvalue weighted by Gasteiger charge is 2.39. The van der Waals surface area contributed by atoms with E-state index < -0.39 is 0 Å². The first-order valence-electron chi connectivity index (χ1n) is 8.62. The summed E-state index contributed by atoms with van der Waals surface area (Å²) in [5.74, 6) is 1.27. The summed E-state index contributed by atoms with van der Waals surface area (Å²) < 4.78 is 5.50. The molecule has 0 aliphatic carbocycles. The molecule has 124 valence electrons. The number of likely N-dealkylation sites (tertiary alicyclic amines) is 1. The van der Waals surface area contributed by atoms with Crippen LogP contribution in [-0.2, 0) is 9.53 Å². The van der Waals surface area contributed by atoms with Crippen LogP contribution in [0.2, 0.25) is 0 Å². The Morgan fingerprint density at radius 3 is 2.65 bits per heavy atom. The Morgan fingerprint density at radius 2 is 2.00 bits per heavy atom. The molecule has 0 saturated carbocycles. The smallest absolute Gasteiger partial charge is 0.251 e. The number of nitrogens with zero attached hydrogens (tertiary/aromatic N) is 4. The number of carbonyl (C=O) groups is 1. The molecular weight excluding hydrogens is 292 g/mol. The molecular formula is C17H24N4O2. The summed E-state index contributed by atoms with van der Waals surface area (Å²) in [5.41, 5.74) is 0. The van der Waals surface area contributed by atoms with E-state index in [9.17, 15) is 4.79 Å². The van der Waals surface area contributed by atoms with Gasteiger partial charge in [-0.05, 0) is 25.0 Å². The van der Waals surface area contributed by atoms with E-state index in [-0.39, 0.29) is 12.0 Å². The quantitative estimate of drug-likeness (QED) is 0.817. The Morgan fingerprint density at radius 1 is 1.17 bits per heavy atom. The number of anilines is 1. The van der Waals surface area contributed by atoms with E-state index in [1.807, 2.05) is 23.2 Å². The molecule has 1 aromatic rings. The molecule has 1 atom stereocenters. The molecule has 6 nitrogen and oxygen atoms in total. The zero-order valence-electron chi connectivity index (χ0n) is 13.4. The third kappa shape index (κ3) is 3.05. The summed E-state index contributed by atoms with van der Waals surface area (Å²) in [5, 5.41) is 0. The fourth-order valence-corrected chi connectivity index (χ4v) is 3.70. The number of piperazine rings is 1. The summed E-state index contributed by atoms with van der Waals surface area (Å²) in [6.45, 7) is 6.57. The van der Waals surface area contributed by atoms with Crippen LogP contribution in [0.1, 0.15) is 12.8 Å². The lowest BCUT2D eigenvalue weighted by Gasteiger charge is -2.48. The summed E-state index contributed by atoms with van der Waals surface area (Å²) in [6.07, 6.45) is 3.59. The van der Waals surface area contributed by atoms with Crippen molar-refractivity contribution >= 4 is 11.7 Å². The molecule has 4 heterocycles. The van der Waals surface area contributed by atoms with Gasteiger partial charge in [-0.3, -0.25) is 9.69 Å². The lowest BCUT2D eigenvalue weighted by atomic mass is 10.0. The van der Waals surface area contributed by atoms with Crippen molar-refractivity contribution in [1.29, 1.82) is 0 Å². The van der Waals surface area contributed by atoms with Gasteiger partial charge in [0.2, 0.25) is 0 Å². The zero-order chi connectivity index (χ0) is 15.6. The van der Waals surface area contributed by atoms with Crippen molar-refractivity contribution in [2.24, 2.45) is 0 Å². The second-order valence-electron chi connectivity index (χ2n) is 6.61. The maximum atomic E-state index is 12.3. The van der Waals surface area contributed by atoms with Crippen molar-refractivity contribution in [1.82, 2.24) is 14.8 Å². The van der Waals surface area contributed by atoms with Gasteiger partial charge >= 0.3 is 0 Å². The maximum absolute atomic E-state index is 12.3. The molecule has 0 N–H and O–H groups in total. The van der Waals surface area contributed by atoms with E-state index >= 15 is 0 Å². The van der Waals surface area contributed by atoms with Crippen molar-refractivity contribution in [2.45, 2.75) is 25.0 Å². The van der Waals surface area contributed by atoms with Gasteiger partial charge in [-0.25, -0.2) is 4.98 Å². The monoisotopic (exact) mass is 316 g/mol. The zero-order valence-corrected chi connectivity index (χ0v) is 13.4. The highest BCUT2D eigenvalue weighted by Crippen LogP contribution is 2.22. The number of amides is 1. The topological polar surface area (TPSA) is 48.9 Å². The van der Waals surface area contributed by atoms with Gasteiger partial charge < -0.3 is 14.5 Å². The first kappa shape index (κ1) is 14.9. The molecule has 23 heavy (non-hydrogen) atoms. The van der Waals surface area contributed by atoms with Crippen molar-refractivity contribution < 1.29 is 9.53 Å². The van der Waals surface area contributed by atoms with Gasteiger partial charge in [0.15, 0.2) is 0 Å². The Kier molecular flexibility index (Phi) is 4.18. The molecule has 4 rings (SSSR count). The van der Waals surface area contributed by atoms with E-state index in [0.717, 1.165) is 64.5 Å². The minimum absolute atomic E-state index is 0.169. The largest absolute Gasteiger partial charge is 0.368 e. The van der Waals surface area contributed by atoms with Gasteiger partial charge in [-0.1, -0.05) is 6.07 Å². The number of ether oxygens (including phenoxy) is 1. The predicted octanol–water partition coefficient (Wildman–Crippen LogP) is 0.593. The van der Waals surface area contributed by atoms with Crippen LogP contribution >= 0.6 is 0 Å². The van der Waals surface area contributed by atoms with Crippen molar-refractivity contribution in [3.63, 3.8) is 0 Å². The molecule has 3 saturated heterocycles. The molecule has 1 unspecified atom stereocenters. The molecule has 0 radical (unpaired) electrons. The Hall–Kier alpha value is -1.66. The molecule has 0 bridgehead atoms. The molecule has 6 heteroatoms. The Labute approximate surface area is 137 Å². The molecule has 3 aliphatic heterocycles. The molecule has 0 spiro atoms. The third-order valence-electron chi connectivity index (χ3n) is 5.18. The van der Waals surface area contributed by atoms with Crippen LogP contribution in [0.25, 0.3) is 0 Å². The van der Waals surface area contributed by atoms with E-state index in [1.54, 1.807) is 0 Å². The number of pyridine rings is 1. The van der Waals surface area contributed by atoms with E-state index in [2.05, 4.69) is 20.9 Å². The van der Waals surface area contributed by atoms with Crippen LogP contribution < -0.4 is 4.90 Å². The number of hydrogen-bond donors (Lipinski definition) is 0. The molecule has 3 aliphatic rings. The van der Waals surface area contributed by atoms with Crippen LogP contribution in [-0.4, -0.2) is 78.7 Å². The molecule has 1 amide bonds. The average molecular weight is 316 g/mol. The standard InChI is InChI=1S/C17H24N4O2/c22-17(15-4-3-11-23-15)21-12-14(13-21)19-7-9-20(10-8-19)16-5-1-2-6-18-16/h1-2,5-6,14-15H,3-4,7-13H2. The van der Waals surface area contributed by atoms with Crippen molar-refractivity contribution in [2.75, 3.05) is 50.8 Å². The van der Waals surface area contributed by atoms with Gasteiger partial charge in [0.25, 0.3) is 5.91 Å². The molecule has 3 fully saturated rings. The van der Waals surface area contributed by atoms with Gasteiger partial charge in [0, 0.05) is 58.1 Å². The van der Waals surface area contributed by atoms with Gasteiger partial charge in [-0.15, -0.1) is 0 Å². The number of rotatable bonds is 3. The SMILES string of the molecule is O=C(C1CCCO1)N1CC(N2CCN(c3ccccn3)CC2)C1. The molecule has 1 aromatic heterocycles. The van der Waals surface area contributed by atoms with Crippen LogP contribution in [0.15, 0.2) is 24.4 Å². The van der Waals surface area contributed by atoms with Gasteiger partial charge in [0.1, 0.15) is 11.9 Å². The maximum Gasteiger partial charge on any atom is 0.251 e. The normalized spacial score (nSPS) is 26.3. The van der Waals surface area contributed by atoms with E-state index in [1.165, 1.54) is 0 Å². The minimum atomic E-state index is -0.169. The molecule has 0 aromatic carbocycles. The Balaban J connectivity index is 1.24. The lowest BCUT2D eigenvalue weighted by molar-refractivity contribution is -0.148. The second-order valence-corrected chi connectivity index (χ2v) is 6.61. The van der Waals surface area contributed by atoms with Gasteiger partial charge in [-0.2, -0.15) is 0 Å². The second kappa shape index (κ2) is 6.45. The Bertz CT molecular complexity index is 533. The van der Waals surface area contributed by atoms with Crippen LogP contribution in [0, 0.1) is 0 Å². The fourth-order valence-electron chi connectivity index (χ4n) is 3.70. The van der Waals surface area contributed by atoms with Crippen LogP contribution in [0.5, 0.6) is 0 Å². The van der Waals surface area contributed by atoms with E-state index in [0.29, 0.717) is 6.04 Å². The van der Waals surface area contributed by atoms with Crippen LogP contribution in [0.3, 0.4) is 0 Å². The minimum Gasteiger partial charge on any atom is -0.368 e. The number of aromatic nitrogens is 1. The average Bonchev–Trinajstić information content (AvgIpc) is 3.09. The van der Waals surface area contributed by atoms with Gasteiger partial charge in [0.05, 0.1) is 0 Å². The summed E-state index contributed by atoms with van der Waals surface area (Å²) in [6, 6.07) is 6.58. The summed E-state index contributed by atoms with van der Waals surface area (Å²) in [7, 11) is 0. The first-order chi connectivity index (χ1) is 11.3. The number of hydrogen-bond acceptors (Lipinski definition) is 5. The third-order valence-corrected chi connectivity index (χ3v) is 5.18. The van der Waals surface area contributed by atoms with Crippen LogP contribution in [0.4, 0.5) is 5.82 Å². The predicted molar refractivity (Wildman–Crippen MR) is 87.4 cm³/mol. The highest BCUT2D eigenvalue weighted by atomic mass is 16.5. The summed E-state index contributed by atoms with van der Waals surface area (Å²) >= 11 is 0.